The fourth-order valence-electron chi connectivity index (χ4n) is 0.758. The van der Waals surface area contributed by atoms with Gasteiger partial charge >= 0.3 is 35.7 Å². The van der Waals surface area contributed by atoms with E-state index in [1.165, 1.54) is 0 Å². The Hall–Kier alpha value is 0.580. The summed E-state index contributed by atoms with van der Waals surface area (Å²) in [6.45, 7) is 0. The molecule has 0 saturated carbocycles. The third-order valence-electron chi connectivity index (χ3n) is 1.40. The maximum Gasteiger partial charge on any atom is 1.00 e. The summed E-state index contributed by atoms with van der Waals surface area (Å²) in [6.07, 6.45) is -11.1. The summed E-state index contributed by atoms with van der Waals surface area (Å²) in [5.41, 5.74) is 0. The van der Waals surface area contributed by atoms with E-state index in [0.29, 0.717) is 0 Å². The van der Waals surface area contributed by atoms with Gasteiger partial charge < -0.3 is 8.78 Å². The maximum absolute atomic E-state index is 12.1. The van der Waals surface area contributed by atoms with Crippen molar-refractivity contribution in [1.82, 2.24) is 0 Å². The molecule has 0 aromatic carbocycles. The fourth-order valence-corrected chi connectivity index (χ4v) is 0.758. The van der Waals surface area contributed by atoms with Gasteiger partial charge in [-0.25, -0.2) is 0 Å². The van der Waals surface area contributed by atoms with Crippen LogP contribution in [0.4, 0.5) is 26.3 Å². The van der Waals surface area contributed by atoms with E-state index in [1.54, 1.807) is 0 Å². The van der Waals surface area contributed by atoms with Crippen LogP contribution in [0, 0.1) is 6.43 Å². The van der Waals surface area contributed by atoms with Gasteiger partial charge in [-0.05, 0) is 12.8 Å². The smallest absolute Gasteiger partial charge is 0.418 e. The number of hydrogen-bond acceptors (Lipinski definition) is 0. The van der Waals surface area contributed by atoms with Crippen LogP contribution in [-0.2, 0) is 0 Å². The Labute approximate surface area is 100 Å². The van der Waals surface area contributed by atoms with Gasteiger partial charge in [-0.1, -0.05) is 6.42 Å². The largest absolute Gasteiger partial charge is 1.00 e. The van der Waals surface area contributed by atoms with Crippen molar-refractivity contribution in [3.05, 3.63) is 6.43 Å². The molecule has 7 heteroatoms. The molecule has 0 aromatic rings. The van der Waals surface area contributed by atoms with Crippen LogP contribution < -0.4 is 29.6 Å². The first-order chi connectivity index (χ1) is 5.83. The van der Waals surface area contributed by atoms with E-state index in [2.05, 4.69) is 0 Å². The van der Waals surface area contributed by atoms with Crippen LogP contribution in [0.15, 0.2) is 0 Å². The Balaban J connectivity index is 0. The van der Waals surface area contributed by atoms with Gasteiger partial charge in [-0.2, -0.15) is 13.2 Å². The monoisotopic (exact) mass is 230 g/mol. The van der Waals surface area contributed by atoms with Crippen LogP contribution in [-0.4, -0.2) is 12.3 Å². The van der Waals surface area contributed by atoms with Crippen LogP contribution in [0.1, 0.15) is 25.7 Å². The molecule has 1 atom stereocenters. The molecule has 0 bridgehead atoms. The Kier molecular flexibility index (Phi) is 9.49. The van der Waals surface area contributed by atoms with Gasteiger partial charge in [0.2, 0.25) is 0 Å². The summed E-state index contributed by atoms with van der Waals surface area (Å²) in [7, 11) is 0. The van der Waals surface area contributed by atoms with E-state index >= 15 is 0 Å². The predicted molar refractivity (Wildman–Crippen MR) is 34.9 cm³/mol. The van der Waals surface area contributed by atoms with Crippen LogP contribution in [0.25, 0.3) is 0 Å². The SMILES string of the molecule is F[C-](F)C(F)CCCCC(F)(F)F.[Na+]. The molecule has 0 radical (unpaired) electrons. The normalized spacial score (nSPS) is 13.9. The molecule has 0 spiro atoms. The van der Waals surface area contributed by atoms with Gasteiger partial charge in [-0.3, -0.25) is 4.39 Å². The van der Waals surface area contributed by atoms with E-state index in [0.717, 1.165) is 0 Å². The molecule has 0 rings (SSSR count). The summed E-state index contributed by atoms with van der Waals surface area (Å²) in [4.78, 5) is 0. The minimum absolute atomic E-state index is 0. The number of unbranched alkanes of at least 4 members (excludes halogenated alkanes) is 1. The average molecular weight is 230 g/mol. The first kappa shape index (κ1) is 17.0. The summed E-state index contributed by atoms with van der Waals surface area (Å²) in [5, 5.41) is 0. The molecule has 0 fully saturated rings. The van der Waals surface area contributed by atoms with Crippen LogP contribution in [0.5, 0.6) is 0 Å². The van der Waals surface area contributed by atoms with Crippen molar-refractivity contribution in [2.24, 2.45) is 0 Å². The number of alkyl halides is 4. The number of halogens is 6. The molecule has 0 N–H and O–H groups in total. The first-order valence-corrected chi connectivity index (χ1v) is 3.71. The summed E-state index contributed by atoms with van der Waals surface area (Å²) in [5.74, 6) is 0. The molecule has 0 aromatic heterocycles. The zero-order valence-electron chi connectivity index (χ0n) is 7.67. The zero-order valence-corrected chi connectivity index (χ0v) is 9.67. The third-order valence-corrected chi connectivity index (χ3v) is 1.40. The van der Waals surface area contributed by atoms with Gasteiger partial charge in [0.05, 0.1) is 0 Å². The molecule has 80 valence electrons. The fraction of sp³-hybridized carbons (Fsp3) is 0.857. The van der Waals surface area contributed by atoms with Crippen molar-refractivity contribution < 1.29 is 55.9 Å². The van der Waals surface area contributed by atoms with E-state index in [4.69, 9.17) is 0 Å². The summed E-state index contributed by atoms with van der Waals surface area (Å²) >= 11 is 0. The van der Waals surface area contributed by atoms with E-state index in [9.17, 15) is 26.3 Å². The molecule has 0 aliphatic heterocycles. The number of rotatable bonds is 5. The van der Waals surface area contributed by atoms with Crippen molar-refractivity contribution >= 4 is 0 Å². The maximum atomic E-state index is 12.1. The molecule has 0 heterocycles. The van der Waals surface area contributed by atoms with Crippen molar-refractivity contribution in [2.45, 2.75) is 38.0 Å². The number of hydrogen-bond donors (Lipinski definition) is 0. The van der Waals surface area contributed by atoms with Gasteiger partial charge in [0, 0.05) is 19.0 Å². The van der Waals surface area contributed by atoms with Crippen molar-refractivity contribution in [3.63, 3.8) is 0 Å². The van der Waals surface area contributed by atoms with Crippen molar-refractivity contribution in [1.29, 1.82) is 0 Å². The Morgan fingerprint density at radius 2 is 1.57 bits per heavy atom. The third kappa shape index (κ3) is 10.7. The molecule has 0 aliphatic rings. The summed E-state index contributed by atoms with van der Waals surface area (Å²) in [6, 6.07) is 0. The molecule has 0 saturated heterocycles. The van der Waals surface area contributed by atoms with Crippen LogP contribution in [0.3, 0.4) is 0 Å². The summed E-state index contributed by atoms with van der Waals surface area (Å²) < 4.78 is 69.4. The average Bonchev–Trinajstić information content (AvgIpc) is 1.95. The van der Waals surface area contributed by atoms with Crippen LogP contribution in [0.2, 0.25) is 0 Å². The molecular formula is C7H9F6Na. The quantitative estimate of drug-likeness (QED) is 0.284. The van der Waals surface area contributed by atoms with E-state index in [1.807, 2.05) is 0 Å². The minimum Gasteiger partial charge on any atom is -0.418 e. The molecular weight excluding hydrogens is 221 g/mol. The van der Waals surface area contributed by atoms with Gasteiger partial charge in [0.15, 0.2) is 0 Å². The second kappa shape index (κ2) is 7.82. The topological polar surface area (TPSA) is 0 Å². The Morgan fingerprint density at radius 3 is 1.93 bits per heavy atom. The van der Waals surface area contributed by atoms with Gasteiger partial charge in [0.25, 0.3) is 0 Å². The molecule has 0 aliphatic carbocycles. The zero-order chi connectivity index (χ0) is 10.5. The first-order valence-electron chi connectivity index (χ1n) is 3.71. The van der Waals surface area contributed by atoms with Crippen LogP contribution >= 0.6 is 0 Å². The minimum atomic E-state index is -4.29. The molecule has 14 heavy (non-hydrogen) atoms. The standard InChI is InChI=1S/C7H9F6.Na/c8-5(6(9)10)3-1-2-4-7(11,12)13;/h5H,1-4H2;/q-1;+1. The molecule has 1 unspecified atom stereocenters. The van der Waals surface area contributed by atoms with Gasteiger partial charge in [-0.15, -0.1) is 0 Å². The second-order valence-electron chi connectivity index (χ2n) is 2.62. The Morgan fingerprint density at radius 1 is 1.07 bits per heavy atom. The predicted octanol–water partition coefficient (Wildman–Crippen LogP) is 0.880. The Bertz CT molecular complexity index is 135. The molecule has 0 amide bonds. The van der Waals surface area contributed by atoms with E-state index < -0.39 is 31.6 Å². The van der Waals surface area contributed by atoms with Gasteiger partial charge in [0.1, 0.15) is 0 Å². The van der Waals surface area contributed by atoms with Crippen molar-refractivity contribution in [2.75, 3.05) is 0 Å². The molecule has 0 nitrogen and oxygen atoms in total. The van der Waals surface area contributed by atoms with Crippen molar-refractivity contribution in [3.8, 4) is 0 Å². The van der Waals surface area contributed by atoms with E-state index in [-0.39, 0.29) is 42.4 Å². The second-order valence-corrected chi connectivity index (χ2v) is 2.62.